The summed E-state index contributed by atoms with van der Waals surface area (Å²) in [4.78, 5) is 4.11. The number of hydrogen-bond acceptors (Lipinski definition) is 2. The van der Waals surface area contributed by atoms with Crippen molar-refractivity contribution in [1.82, 2.24) is 9.55 Å². The third-order valence-corrected chi connectivity index (χ3v) is 1.45. The van der Waals surface area contributed by atoms with Crippen molar-refractivity contribution in [3.05, 3.63) is 12.5 Å². The third-order valence-electron chi connectivity index (χ3n) is 1.45. The molecule has 0 aromatic carbocycles. The van der Waals surface area contributed by atoms with E-state index in [0.717, 1.165) is 5.82 Å². The van der Waals surface area contributed by atoms with Crippen molar-refractivity contribution in [2.75, 3.05) is 12.4 Å². The average Bonchev–Trinajstić information content (AvgIpc) is 2.34. The highest BCUT2D eigenvalue weighted by Crippen LogP contribution is 2.07. The van der Waals surface area contributed by atoms with Gasteiger partial charge in [0.1, 0.15) is 5.82 Å². The second-order valence-electron chi connectivity index (χ2n) is 2.55. The molecular formula is C7H13N3. The number of aromatic nitrogens is 2. The van der Waals surface area contributed by atoms with E-state index in [1.807, 2.05) is 19.6 Å². The van der Waals surface area contributed by atoms with E-state index < -0.39 is 0 Å². The molecule has 1 rings (SSSR count). The molecule has 0 radical (unpaired) electrons. The second-order valence-corrected chi connectivity index (χ2v) is 2.55. The molecule has 56 valence electrons. The molecule has 0 aliphatic heterocycles. The first kappa shape index (κ1) is 7.12. The Morgan fingerprint density at radius 3 is 2.60 bits per heavy atom. The molecule has 0 bridgehead atoms. The molecule has 0 aliphatic rings. The van der Waals surface area contributed by atoms with Gasteiger partial charge in [-0.15, -0.1) is 0 Å². The van der Waals surface area contributed by atoms with Crippen LogP contribution < -0.4 is 5.32 Å². The Morgan fingerprint density at radius 2 is 2.30 bits per heavy atom. The zero-order valence-corrected chi connectivity index (χ0v) is 6.63. The minimum Gasteiger partial charge on any atom is -0.372 e. The van der Waals surface area contributed by atoms with Gasteiger partial charge in [-0.1, -0.05) is 0 Å². The molecule has 0 spiro atoms. The molecule has 1 aromatic rings. The summed E-state index contributed by atoms with van der Waals surface area (Å²) in [6.45, 7) is 4.25. The maximum atomic E-state index is 4.11. The zero-order valence-electron chi connectivity index (χ0n) is 6.63. The third kappa shape index (κ3) is 1.29. The lowest BCUT2D eigenvalue weighted by Crippen LogP contribution is -1.95. The number of nitrogens with one attached hydrogen (secondary N) is 1. The molecule has 0 fully saturated rings. The summed E-state index contributed by atoms with van der Waals surface area (Å²) < 4.78 is 2.06. The normalized spacial score (nSPS) is 10.4. The van der Waals surface area contributed by atoms with Gasteiger partial charge in [-0.2, -0.15) is 0 Å². The lowest BCUT2D eigenvalue weighted by molar-refractivity contribution is 0.600. The molecule has 0 atom stereocenters. The molecule has 3 nitrogen and oxygen atoms in total. The first-order chi connectivity index (χ1) is 4.74. The fourth-order valence-corrected chi connectivity index (χ4v) is 0.748. The van der Waals surface area contributed by atoms with Crippen LogP contribution in [0.25, 0.3) is 0 Å². The van der Waals surface area contributed by atoms with E-state index in [2.05, 4.69) is 28.7 Å². The van der Waals surface area contributed by atoms with Crippen LogP contribution in [-0.4, -0.2) is 16.6 Å². The van der Waals surface area contributed by atoms with E-state index in [-0.39, 0.29) is 0 Å². The van der Waals surface area contributed by atoms with Crippen LogP contribution in [0.15, 0.2) is 12.5 Å². The maximum Gasteiger partial charge on any atom is 0.143 e. The molecule has 0 unspecified atom stereocenters. The fraction of sp³-hybridized carbons (Fsp3) is 0.571. The Labute approximate surface area is 61.1 Å². The van der Waals surface area contributed by atoms with Crippen molar-refractivity contribution >= 4 is 5.82 Å². The quantitative estimate of drug-likeness (QED) is 0.673. The lowest BCUT2D eigenvalue weighted by atomic mass is 10.4. The molecule has 0 saturated heterocycles. The van der Waals surface area contributed by atoms with Crippen LogP contribution in [0.3, 0.4) is 0 Å². The van der Waals surface area contributed by atoms with E-state index >= 15 is 0 Å². The van der Waals surface area contributed by atoms with Gasteiger partial charge in [0.25, 0.3) is 0 Å². The van der Waals surface area contributed by atoms with E-state index in [0.29, 0.717) is 6.04 Å². The van der Waals surface area contributed by atoms with E-state index in [1.165, 1.54) is 0 Å². The summed E-state index contributed by atoms with van der Waals surface area (Å²) in [5.74, 6) is 0.925. The zero-order chi connectivity index (χ0) is 7.56. The Bertz CT molecular complexity index is 202. The van der Waals surface area contributed by atoms with Crippen molar-refractivity contribution in [2.24, 2.45) is 0 Å². The standard InChI is InChI=1S/C7H13N3/c1-6(2)10-4-7(8-3)9-5-10/h4-6,8H,1-3H3. The van der Waals surface area contributed by atoms with Gasteiger partial charge in [-0.3, -0.25) is 0 Å². The molecule has 10 heavy (non-hydrogen) atoms. The minimum atomic E-state index is 0.495. The Hall–Kier alpha value is -0.990. The molecule has 0 amide bonds. The summed E-state index contributed by atoms with van der Waals surface area (Å²) in [6.07, 6.45) is 3.82. The molecule has 1 heterocycles. The fourth-order valence-electron chi connectivity index (χ4n) is 0.748. The largest absolute Gasteiger partial charge is 0.372 e. The smallest absolute Gasteiger partial charge is 0.143 e. The maximum absolute atomic E-state index is 4.11. The van der Waals surface area contributed by atoms with E-state index in [9.17, 15) is 0 Å². The van der Waals surface area contributed by atoms with Gasteiger partial charge < -0.3 is 9.88 Å². The van der Waals surface area contributed by atoms with Gasteiger partial charge in [-0.05, 0) is 13.8 Å². The number of nitrogens with zero attached hydrogens (tertiary/aromatic N) is 2. The van der Waals surface area contributed by atoms with Gasteiger partial charge >= 0.3 is 0 Å². The minimum absolute atomic E-state index is 0.495. The average molecular weight is 139 g/mol. The van der Waals surface area contributed by atoms with Crippen LogP contribution in [0.5, 0.6) is 0 Å². The molecule has 3 heteroatoms. The van der Waals surface area contributed by atoms with Crippen molar-refractivity contribution < 1.29 is 0 Å². The first-order valence-electron chi connectivity index (χ1n) is 3.45. The predicted octanol–water partition coefficient (Wildman–Crippen LogP) is 1.51. The van der Waals surface area contributed by atoms with E-state index in [4.69, 9.17) is 0 Å². The van der Waals surface area contributed by atoms with Crippen LogP contribution in [0.2, 0.25) is 0 Å². The van der Waals surface area contributed by atoms with Crippen LogP contribution in [0, 0.1) is 0 Å². The van der Waals surface area contributed by atoms with Crippen molar-refractivity contribution in [1.29, 1.82) is 0 Å². The number of imidazole rings is 1. The lowest BCUT2D eigenvalue weighted by Gasteiger charge is -2.03. The van der Waals surface area contributed by atoms with Crippen LogP contribution in [0.1, 0.15) is 19.9 Å². The summed E-state index contributed by atoms with van der Waals surface area (Å²) >= 11 is 0. The summed E-state index contributed by atoms with van der Waals surface area (Å²) in [6, 6.07) is 0.495. The van der Waals surface area contributed by atoms with Crippen molar-refractivity contribution in [3.63, 3.8) is 0 Å². The molecule has 1 aromatic heterocycles. The highest BCUT2D eigenvalue weighted by molar-refractivity contribution is 5.29. The van der Waals surface area contributed by atoms with Gasteiger partial charge in [0.2, 0.25) is 0 Å². The summed E-state index contributed by atoms with van der Waals surface area (Å²) in [5, 5.41) is 2.97. The number of rotatable bonds is 2. The summed E-state index contributed by atoms with van der Waals surface area (Å²) in [7, 11) is 1.87. The first-order valence-corrected chi connectivity index (χ1v) is 3.45. The van der Waals surface area contributed by atoms with Crippen LogP contribution in [0.4, 0.5) is 5.82 Å². The van der Waals surface area contributed by atoms with Crippen LogP contribution in [-0.2, 0) is 0 Å². The number of hydrogen-bond donors (Lipinski definition) is 1. The van der Waals surface area contributed by atoms with Gasteiger partial charge in [-0.25, -0.2) is 4.98 Å². The van der Waals surface area contributed by atoms with Crippen molar-refractivity contribution in [3.8, 4) is 0 Å². The topological polar surface area (TPSA) is 29.9 Å². The SMILES string of the molecule is CNc1cn(C(C)C)cn1. The highest BCUT2D eigenvalue weighted by Gasteiger charge is 1.97. The van der Waals surface area contributed by atoms with Gasteiger partial charge in [0.15, 0.2) is 0 Å². The van der Waals surface area contributed by atoms with E-state index in [1.54, 1.807) is 0 Å². The Balaban J connectivity index is 2.78. The molecule has 0 aliphatic carbocycles. The van der Waals surface area contributed by atoms with Crippen LogP contribution >= 0.6 is 0 Å². The highest BCUT2D eigenvalue weighted by atomic mass is 15.1. The second kappa shape index (κ2) is 2.73. The Kier molecular flexibility index (Phi) is 1.94. The number of anilines is 1. The van der Waals surface area contributed by atoms with Gasteiger partial charge in [0.05, 0.1) is 6.33 Å². The monoisotopic (exact) mass is 139 g/mol. The molecule has 0 saturated carbocycles. The Morgan fingerprint density at radius 1 is 1.60 bits per heavy atom. The predicted molar refractivity (Wildman–Crippen MR) is 42.2 cm³/mol. The van der Waals surface area contributed by atoms with Crippen molar-refractivity contribution in [2.45, 2.75) is 19.9 Å². The molecular weight excluding hydrogens is 126 g/mol. The summed E-state index contributed by atoms with van der Waals surface area (Å²) in [5.41, 5.74) is 0. The molecule has 1 N–H and O–H groups in total. The van der Waals surface area contributed by atoms with Gasteiger partial charge in [0, 0.05) is 19.3 Å².